The summed E-state index contributed by atoms with van der Waals surface area (Å²) in [6, 6.07) is 9.54. The van der Waals surface area contributed by atoms with Crippen molar-refractivity contribution in [2.45, 2.75) is 25.8 Å². The first-order valence-electron chi connectivity index (χ1n) is 10.9. The van der Waals surface area contributed by atoms with Crippen LogP contribution in [0.15, 0.2) is 42.0 Å². The fourth-order valence-corrected chi connectivity index (χ4v) is 4.23. The number of likely N-dealkylation sites (tertiary alicyclic amines) is 1. The second kappa shape index (κ2) is 9.44. The first kappa shape index (κ1) is 22.5. The molecular weight excluding hydrogens is 426 g/mol. The number of benzene rings is 2. The third kappa shape index (κ3) is 3.97. The number of hydrogen-bond acceptors (Lipinski definition) is 7. The van der Waals surface area contributed by atoms with Gasteiger partial charge < -0.3 is 29.0 Å². The molecule has 1 atom stereocenters. The van der Waals surface area contributed by atoms with Gasteiger partial charge in [-0.3, -0.25) is 9.59 Å². The van der Waals surface area contributed by atoms with Crippen LogP contribution in [-0.2, 0) is 9.59 Å². The largest absolute Gasteiger partial charge is 0.506 e. The van der Waals surface area contributed by atoms with Gasteiger partial charge in [0.15, 0.2) is 11.5 Å². The van der Waals surface area contributed by atoms with Gasteiger partial charge in [0, 0.05) is 6.54 Å². The predicted molar refractivity (Wildman–Crippen MR) is 121 cm³/mol. The number of carbonyl (C=O) groups is 2. The van der Waals surface area contributed by atoms with Gasteiger partial charge in [-0.05, 0) is 36.2 Å². The molecule has 0 spiro atoms. The van der Waals surface area contributed by atoms with Crippen molar-refractivity contribution < 1.29 is 33.6 Å². The van der Waals surface area contributed by atoms with Crippen LogP contribution in [0.5, 0.6) is 23.0 Å². The number of ketones is 1. The lowest BCUT2D eigenvalue weighted by Crippen LogP contribution is -2.30. The minimum absolute atomic E-state index is 0.0180. The van der Waals surface area contributed by atoms with E-state index in [1.807, 2.05) is 6.92 Å². The van der Waals surface area contributed by atoms with Gasteiger partial charge in [-0.2, -0.15) is 0 Å². The molecule has 0 aromatic heterocycles. The van der Waals surface area contributed by atoms with Gasteiger partial charge in [0.1, 0.15) is 36.0 Å². The fraction of sp³-hybridized carbons (Fsp3) is 0.360. The zero-order chi connectivity index (χ0) is 23.5. The van der Waals surface area contributed by atoms with Crippen LogP contribution in [0.4, 0.5) is 0 Å². The molecule has 4 rings (SSSR count). The van der Waals surface area contributed by atoms with Crippen molar-refractivity contribution in [3.8, 4) is 23.0 Å². The van der Waals surface area contributed by atoms with Crippen LogP contribution in [0.2, 0.25) is 0 Å². The van der Waals surface area contributed by atoms with E-state index in [9.17, 15) is 14.7 Å². The number of rotatable bonds is 7. The molecule has 0 radical (unpaired) electrons. The zero-order valence-corrected chi connectivity index (χ0v) is 18.9. The normalized spacial score (nSPS) is 19.0. The van der Waals surface area contributed by atoms with Crippen LogP contribution in [0, 0.1) is 0 Å². The number of ether oxygens (including phenoxy) is 4. The molecule has 2 aromatic carbocycles. The number of Topliss-reactive ketones (excluding diaryl/α,β-unsaturated/α-hetero) is 1. The van der Waals surface area contributed by atoms with Crippen LogP contribution < -0.4 is 18.9 Å². The Balaban J connectivity index is 1.92. The summed E-state index contributed by atoms with van der Waals surface area (Å²) in [6.07, 6.45) is 1.56. The van der Waals surface area contributed by atoms with Gasteiger partial charge in [0.25, 0.3) is 11.7 Å². The Morgan fingerprint density at radius 1 is 1.06 bits per heavy atom. The molecule has 0 aliphatic carbocycles. The van der Waals surface area contributed by atoms with Crippen LogP contribution in [0.25, 0.3) is 5.76 Å². The fourth-order valence-electron chi connectivity index (χ4n) is 4.23. The molecule has 2 heterocycles. The van der Waals surface area contributed by atoms with Crippen molar-refractivity contribution in [2.24, 2.45) is 0 Å². The van der Waals surface area contributed by atoms with E-state index in [2.05, 4.69) is 0 Å². The molecule has 2 aliphatic rings. The van der Waals surface area contributed by atoms with Crippen molar-refractivity contribution in [2.75, 3.05) is 34.0 Å². The first-order chi connectivity index (χ1) is 16.0. The molecule has 1 fully saturated rings. The predicted octanol–water partition coefficient (Wildman–Crippen LogP) is 3.70. The first-order valence-corrected chi connectivity index (χ1v) is 10.9. The maximum Gasteiger partial charge on any atom is 0.295 e. The number of amides is 1. The van der Waals surface area contributed by atoms with Gasteiger partial charge in [-0.15, -0.1) is 0 Å². The maximum atomic E-state index is 13.2. The van der Waals surface area contributed by atoms with Crippen LogP contribution in [0.3, 0.4) is 0 Å². The Hall–Kier alpha value is -3.68. The Labute approximate surface area is 192 Å². The van der Waals surface area contributed by atoms with E-state index in [4.69, 9.17) is 18.9 Å². The smallest absolute Gasteiger partial charge is 0.295 e. The number of aliphatic hydroxyl groups is 1. The summed E-state index contributed by atoms with van der Waals surface area (Å²) in [7, 11) is 2.92. The molecule has 33 heavy (non-hydrogen) atoms. The highest BCUT2D eigenvalue weighted by Crippen LogP contribution is 2.45. The van der Waals surface area contributed by atoms with E-state index in [-0.39, 0.29) is 16.9 Å². The summed E-state index contributed by atoms with van der Waals surface area (Å²) in [5, 5.41) is 11.4. The molecule has 2 aliphatic heterocycles. The van der Waals surface area contributed by atoms with Crippen molar-refractivity contribution in [1.82, 2.24) is 4.90 Å². The number of hydrogen-bond donors (Lipinski definition) is 1. The summed E-state index contributed by atoms with van der Waals surface area (Å²) in [5.41, 5.74) is 0.846. The lowest BCUT2D eigenvalue weighted by Gasteiger charge is -2.27. The molecule has 1 N–H and O–H groups in total. The van der Waals surface area contributed by atoms with E-state index in [0.717, 1.165) is 6.42 Å². The summed E-state index contributed by atoms with van der Waals surface area (Å²) in [6.45, 7) is 3.25. The highest BCUT2D eigenvalue weighted by molar-refractivity contribution is 6.46. The van der Waals surface area contributed by atoms with E-state index < -0.39 is 17.7 Å². The van der Waals surface area contributed by atoms with Crippen molar-refractivity contribution in [3.63, 3.8) is 0 Å². The summed E-state index contributed by atoms with van der Waals surface area (Å²) in [5.74, 6) is 0.0356. The average molecular weight is 453 g/mol. The Kier molecular flexibility index (Phi) is 6.44. The van der Waals surface area contributed by atoms with Crippen molar-refractivity contribution in [3.05, 3.63) is 53.1 Å². The van der Waals surface area contributed by atoms with Crippen LogP contribution in [-0.4, -0.2) is 55.7 Å². The number of aliphatic hydroxyl groups excluding tert-OH is 1. The van der Waals surface area contributed by atoms with Crippen molar-refractivity contribution >= 4 is 17.4 Å². The molecule has 0 saturated carbocycles. The molecule has 1 unspecified atom stereocenters. The van der Waals surface area contributed by atoms with Gasteiger partial charge in [-0.25, -0.2) is 0 Å². The summed E-state index contributed by atoms with van der Waals surface area (Å²) in [4.78, 5) is 27.8. The minimum atomic E-state index is -0.790. The molecule has 2 aromatic rings. The second-order valence-corrected chi connectivity index (χ2v) is 7.79. The van der Waals surface area contributed by atoms with E-state index in [1.54, 1.807) is 36.4 Å². The van der Waals surface area contributed by atoms with E-state index in [1.165, 1.54) is 19.1 Å². The summed E-state index contributed by atoms with van der Waals surface area (Å²) < 4.78 is 22.2. The highest BCUT2D eigenvalue weighted by atomic mass is 16.6. The van der Waals surface area contributed by atoms with Crippen molar-refractivity contribution in [1.29, 1.82) is 0 Å². The lowest BCUT2D eigenvalue weighted by molar-refractivity contribution is -0.139. The van der Waals surface area contributed by atoms with Gasteiger partial charge in [0.05, 0.1) is 25.8 Å². The van der Waals surface area contributed by atoms with Crippen LogP contribution >= 0.6 is 0 Å². The molecule has 8 nitrogen and oxygen atoms in total. The topological polar surface area (TPSA) is 94.5 Å². The lowest BCUT2D eigenvalue weighted by atomic mass is 9.94. The highest BCUT2D eigenvalue weighted by Gasteiger charge is 2.46. The Morgan fingerprint density at radius 2 is 1.73 bits per heavy atom. The molecule has 1 saturated heterocycles. The number of methoxy groups -OCH3 is 2. The Bertz CT molecular complexity index is 1090. The molecule has 0 bridgehead atoms. The second-order valence-electron chi connectivity index (χ2n) is 7.79. The van der Waals surface area contributed by atoms with Gasteiger partial charge >= 0.3 is 0 Å². The molecular formula is C25H27NO7. The molecule has 174 valence electrons. The number of nitrogens with zero attached hydrogens (tertiary/aromatic N) is 1. The number of unbranched alkanes of at least 4 members (excludes halogenated alkanes) is 1. The third-order valence-electron chi connectivity index (χ3n) is 5.84. The minimum Gasteiger partial charge on any atom is -0.506 e. The van der Waals surface area contributed by atoms with E-state index >= 15 is 0 Å². The summed E-state index contributed by atoms with van der Waals surface area (Å²) >= 11 is 0. The Morgan fingerprint density at radius 3 is 2.36 bits per heavy atom. The quantitative estimate of drug-likeness (QED) is 0.388. The van der Waals surface area contributed by atoms with Gasteiger partial charge in [0.2, 0.25) is 0 Å². The third-order valence-corrected chi connectivity index (χ3v) is 5.84. The van der Waals surface area contributed by atoms with Gasteiger partial charge in [-0.1, -0.05) is 25.5 Å². The monoisotopic (exact) mass is 453 g/mol. The average Bonchev–Trinajstić information content (AvgIpc) is 3.10. The van der Waals surface area contributed by atoms with Crippen LogP contribution in [0.1, 0.15) is 36.9 Å². The molecule has 1 amide bonds. The number of carbonyl (C=O) groups excluding carboxylic acids is 2. The van der Waals surface area contributed by atoms with E-state index in [0.29, 0.717) is 54.7 Å². The SMILES string of the molecule is CCCCN1C(=O)C(=O)/C(=C(/O)c2c(OC)cccc2OC)C1c1ccc2c(c1)OCCO2. The maximum absolute atomic E-state index is 13.2. The zero-order valence-electron chi connectivity index (χ0n) is 18.9. The standard InChI is InChI=1S/C25H27NO7/c1-4-5-11-26-22(15-9-10-16-19(14-15)33-13-12-32-16)21(24(28)25(26)29)23(27)20-17(30-2)7-6-8-18(20)31-3/h6-10,14,22,27H,4-5,11-13H2,1-3H3/b23-21+. The number of fused-ring (bicyclic) bond motifs is 1. The molecule has 8 heteroatoms.